The average Bonchev–Trinajstić information content (AvgIpc) is 2.62. The lowest BCUT2D eigenvalue weighted by Crippen LogP contribution is -2.55. The summed E-state index contributed by atoms with van der Waals surface area (Å²) >= 11 is 0. The van der Waals surface area contributed by atoms with Gasteiger partial charge in [-0.15, -0.1) is 0 Å². The van der Waals surface area contributed by atoms with Crippen LogP contribution in [0.5, 0.6) is 0 Å². The summed E-state index contributed by atoms with van der Waals surface area (Å²) in [4.78, 5) is 20.2. The van der Waals surface area contributed by atoms with Gasteiger partial charge in [-0.05, 0) is 71.9 Å². The van der Waals surface area contributed by atoms with Gasteiger partial charge in [0.05, 0.1) is 6.04 Å². The highest BCUT2D eigenvalue weighted by molar-refractivity contribution is 5.81. The lowest BCUT2D eigenvalue weighted by molar-refractivity contribution is -0.140. The zero-order valence-electron chi connectivity index (χ0n) is 15.2. The number of carbonyl (C=O) groups excluding carboxylic acids is 1. The lowest BCUT2D eigenvalue weighted by atomic mass is 9.98. The van der Waals surface area contributed by atoms with Crippen LogP contribution in [0.3, 0.4) is 0 Å². The SMILES string of the molecule is C[C@@H](C(=O)N1CCCC[C@@H]1C)N1CCC(N2CCCCC2)CC1. The number of hydrogen-bond acceptors (Lipinski definition) is 3. The molecule has 0 aromatic heterocycles. The topological polar surface area (TPSA) is 26.8 Å². The molecule has 3 heterocycles. The van der Waals surface area contributed by atoms with Crippen molar-refractivity contribution in [3.8, 4) is 0 Å². The highest BCUT2D eigenvalue weighted by Gasteiger charge is 2.33. The van der Waals surface area contributed by atoms with E-state index < -0.39 is 0 Å². The van der Waals surface area contributed by atoms with E-state index in [0.717, 1.165) is 25.7 Å². The molecule has 3 aliphatic rings. The van der Waals surface area contributed by atoms with Gasteiger partial charge in [0, 0.05) is 31.7 Å². The average molecular weight is 322 g/mol. The maximum Gasteiger partial charge on any atom is 0.239 e. The Morgan fingerprint density at radius 1 is 0.870 bits per heavy atom. The van der Waals surface area contributed by atoms with Crippen molar-refractivity contribution < 1.29 is 4.79 Å². The summed E-state index contributed by atoms with van der Waals surface area (Å²) in [6.07, 6.45) is 10.3. The van der Waals surface area contributed by atoms with Gasteiger partial charge in [-0.3, -0.25) is 9.69 Å². The van der Waals surface area contributed by atoms with Crippen LogP contribution in [0.2, 0.25) is 0 Å². The number of piperidine rings is 3. The normalized spacial score (nSPS) is 30.3. The fourth-order valence-electron chi connectivity index (χ4n) is 4.74. The second-order valence-electron chi connectivity index (χ2n) is 7.92. The molecule has 3 saturated heterocycles. The largest absolute Gasteiger partial charge is 0.339 e. The fourth-order valence-corrected chi connectivity index (χ4v) is 4.74. The van der Waals surface area contributed by atoms with Crippen LogP contribution in [0, 0.1) is 0 Å². The molecular formula is C19H35N3O. The van der Waals surface area contributed by atoms with Crippen molar-refractivity contribution in [2.24, 2.45) is 0 Å². The Kier molecular flexibility index (Phi) is 5.97. The minimum atomic E-state index is 0.0675. The van der Waals surface area contributed by atoms with Crippen LogP contribution in [0.1, 0.15) is 65.2 Å². The molecule has 132 valence electrons. The summed E-state index contributed by atoms with van der Waals surface area (Å²) < 4.78 is 0. The van der Waals surface area contributed by atoms with Gasteiger partial charge in [0.2, 0.25) is 5.91 Å². The van der Waals surface area contributed by atoms with Gasteiger partial charge in [-0.2, -0.15) is 0 Å². The van der Waals surface area contributed by atoms with E-state index in [0.29, 0.717) is 11.9 Å². The maximum absolute atomic E-state index is 12.9. The summed E-state index contributed by atoms with van der Waals surface area (Å²) in [5, 5.41) is 0. The first-order valence-corrected chi connectivity index (χ1v) is 9.95. The molecule has 0 aromatic carbocycles. The minimum Gasteiger partial charge on any atom is -0.339 e. The van der Waals surface area contributed by atoms with Gasteiger partial charge in [-0.1, -0.05) is 6.42 Å². The van der Waals surface area contributed by atoms with E-state index in [2.05, 4.69) is 28.5 Å². The van der Waals surface area contributed by atoms with E-state index in [4.69, 9.17) is 0 Å². The molecule has 0 saturated carbocycles. The molecule has 4 nitrogen and oxygen atoms in total. The molecule has 0 N–H and O–H groups in total. The molecule has 3 aliphatic heterocycles. The predicted octanol–water partition coefficient (Wildman–Crippen LogP) is 2.73. The number of rotatable bonds is 3. The van der Waals surface area contributed by atoms with Crippen molar-refractivity contribution in [2.75, 3.05) is 32.7 Å². The number of carbonyl (C=O) groups is 1. The molecule has 3 rings (SSSR count). The van der Waals surface area contributed by atoms with Crippen molar-refractivity contribution in [1.29, 1.82) is 0 Å². The Morgan fingerprint density at radius 2 is 1.52 bits per heavy atom. The van der Waals surface area contributed by atoms with Gasteiger partial charge in [0.1, 0.15) is 0 Å². The first-order valence-electron chi connectivity index (χ1n) is 9.95. The van der Waals surface area contributed by atoms with Crippen LogP contribution >= 0.6 is 0 Å². The van der Waals surface area contributed by atoms with Crippen molar-refractivity contribution in [2.45, 2.75) is 83.3 Å². The monoisotopic (exact) mass is 321 g/mol. The fraction of sp³-hybridized carbons (Fsp3) is 0.947. The lowest BCUT2D eigenvalue weighted by Gasteiger charge is -2.43. The molecule has 0 unspecified atom stereocenters. The molecule has 0 spiro atoms. The molecule has 0 aromatic rings. The van der Waals surface area contributed by atoms with Crippen LogP contribution in [0.25, 0.3) is 0 Å². The molecule has 23 heavy (non-hydrogen) atoms. The number of likely N-dealkylation sites (tertiary alicyclic amines) is 3. The number of nitrogens with zero attached hydrogens (tertiary/aromatic N) is 3. The minimum absolute atomic E-state index is 0.0675. The van der Waals surface area contributed by atoms with E-state index in [9.17, 15) is 4.79 Å². The Balaban J connectivity index is 1.49. The molecule has 0 aliphatic carbocycles. The predicted molar refractivity (Wildman–Crippen MR) is 94.5 cm³/mol. The number of amides is 1. The third kappa shape index (κ3) is 4.08. The van der Waals surface area contributed by atoms with Crippen LogP contribution in [0.15, 0.2) is 0 Å². The zero-order chi connectivity index (χ0) is 16.2. The van der Waals surface area contributed by atoms with Crippen LogP contribution in [0.4, 0.5) is 0 Å². The van der Waals surface area contributed by atoms with Crippen molar-refractivity contribution in [3.05, 3.63) is 0 Å². The molecule has 0 bridgehead atoms. The molecule has 2 atom stereocenters. The van der Waals surface area contributed by atoms with Crippen molar-refractivity contribution >= 4 is 5.91 Å². The van der Waals surface area contributed by atoms with E-state index >= 15 is 0 Å². The quantitative estimate of drug-likeness (QED) is 0.800. The summed E-state index contributed by atoms with van der Waals surface area (Å²) in [7, 11) is 0. The zero-order valence-corrected chi connectivity index (χ0v) is 15.2. The third-order valence-corrected chi connectivity index (χ3v) is 6.40. The van der Waals surface area contributed by atoms with Crippen LogP contribution in [-0.4, -0.2) is 71.5 Å². The first-order chi connectivity index (χ1) is 11.2. The van der Waals surface area contributed by atoms with E-state index in [1.807, 2.05) is 0 Å². The highest BCUT2D eigenvalue weighted by Crippen LogP contribution is 2.24. The van der Waals surface area contributed by atoms with Gasteiger partial charge >= 0.3 is 0 Å². The third-order valence-electron chi connectivity index (χ3n) is 6.40. The Morgan fingerprint density at radius 3 is 2.17 bits per heavy atom. The molecule has 3 fully saturated rings. The van der Waals surface area contributed by atoms with Gasteiger partial charge in [-0.25, -0.2) is 0 Å². The standard InChI is InChI=1S/C19H35N3O/c1-16-8-4-7-13-22(16)19(23)17(2)20-14-9-18(10-15-20)21-11-5-3-6-12-21/h16-18H,3-15H2,1-2H3/t16-,17-/m0/s1. The van der Waals surface area contributed by atoms with Crippen LogP contribution < -0.4 is 0 Å². The van der Waals surface area contributed by atoms with E-state index in [1.165, 1.54) is 64.5 Å². The number of hydrogen-bond donors (Lipinski definition) is 0. The second kappa shape index (κ2) is 7.98. The Hall–Kier alpha value is -0.610. The van der Waals surface area contributed by atoms with Crippen LogP contribution in [-0.2, 0) is 4.79 Å². The summed E-state index contributed by atoms with van der Waals surface area (Å²) in [6.45, 7) is 10.1. The summed E-state index contributed by atoms with van der Waals surface area (Å²) in [5.74, 6) is 0.369. The molecular weight excluding hydrogens is 286 g/mol. The Bertz CT molecular complexity index is 386. The molecule has 4 heteroatoms. The summed E-state index contributed by atoms with van der Waals surface area (Å²) in [5.41, 5.74) is 0. The first kappa shape index (κ1) is 17.2. The summed E-state index contributed by atoms with van der Waals surface area (Å²) in [6, 6.07) is 1.27. The van der Waals surface area contributed by atoms with E-state index in [-0.39, 0.29) is 6.04 Å². The molecule has 1 amide bonds. The van der Waals surface area contributed by atoms with Crippen molar-refractivity contribution in [1.82, 2.24) is 14.7 Å². The van der Waals surface area contributed by atoms with Gasteiger partial charge < -0.3 is 9.80 Å². The highest BCUT2D eigenvalue weighted by atomic mass is 16.2. The second-order valence-corrected chi connectivity index (χ2v) is 7.92. The Labute approximate surface area is 142 Å². The smallest absolute Gasteiger partial charge is 0.239 e. The van der Waals surface area contributed by atoms with Gasteiger partial charge in [0.25, 0.3) is 0 Å². The van der Waals surface area contributed by atoms with E-state index in [1.54, 1.807) is 0 Å². The molecule has 0 radical (unpaired) electrons. The maximum atomic E-state index is 12.9. The van der Waals surface area contributed by atoms with Gasteiger partial charge in [0.15, 0.2) is 0 Å². The van der Waals surface area contributed by atoms with Crippen molar-refractivity contribution in [3.63, 3.8) is 0 Å².